The maximum Gasteiger partial charge on any atom is 0.248 e. The molecule has 2 aromatic rings. The van der Waals surface area contributed by atoms with Crippen LogP contribution in [-0.4, -0.2) is 33.7 Å². The highest BCUT2D eigenvalue weighted by atomic mass is 35.5. The molecule has 0 aliphatic heterocycles. The van der Waals surface area contributed by atoms with Gasteiger partial charge in [-0.2, -0.15) is 0 Å². The van der Waals surface area contributed by atoms with Crippen LogP contribution in [0.2, 0.25) is 5.02 Å². The van der Waals surface area contributed by atoms with E-state index in [2.05, 4.69) is 5.32 Å². The van der Waals surface area contributed by atoms with Crippen molar-refractivity contribution in [2.45, 2.75) is 39.7 Å². The summed E-state index contributed by atoms with van der Waals surface area (Å²) in [6, 6.07) is 9.48. The fourth-order valence-electron chi connectivity index (χ4n) is 3.25. The molecular weight excluding hydrogens is 412 g/mol. The molecule has 0 bridgehead atoms. The second kappa shape index (κ2) is 9.50. The zero-order valence-electron chi connectivity index (χ0n) is 17.3. The summed E-state index contributed by atoms with van der Waals surface area (Å²) in [6.07, 6.45) is 2.54. The van der Waals surface area contributed by atoms with Crippen molar-refractivity contribution in [2.24, 2.45) is 0 Å². The largest absolute Gasteiger partial charge is 0.495 e. The van der Waals surface area contributed by atoms with Crippen molar-refractivity contribution in [2.75, 3.05) is 23.0 Å². The number of ether oxygens (including phenoxy) is 1. The van der Waals surface area contributed by atoms with E-state index in [1.54, 1.807) is 12.1 Å². The summed E-state index contributed by atoms with van der Waals surface area (Å²) in [6.45, 7) is 5.55. The first-order valence-electron chi connectivity index (χ1n) is 9.38. The third-order valence-corrected chi connectivity index (χ3v) is 6.18. The standard InChI is InChI=1S/C21H27ClN2O4S/c1-6-15-9-8-10-16(7-2)20(15)23-21(25)14(3)24(29(5,26)27)18-13-17(22)11-12-19(18)28-4/h8-14H,6-7H2,1-5H3,(H,23,25). The third-order valence-electron chi connectivity index (χ3n) is 4.71. The number of rotatable bonds is 8. The topological polar surface area (TPSA) is 75.7 Å². The lowest BCUT2D eigenvalue weighted by Gasteiger charge is -2.30. The van der Waals surface area contributed by atoms with Gasteiger partial charge < -0.3 is 10.1 Å². The fraction of sp³-hybridized carbons (Fsp3) is 0.381. The van der Waals surface area contributed by atoms with E-state index in [9.17, 15) is 13.2 Å². The monoisotopic (exact) mass is 438 g/mol. The average Bonchev–Trinajstić information content (AvgIpc) is 2.67. The highest BCUT2D eigenvalue weighted by Gasteiger charge is 2.32. The van der Waals surface area contributed by atoms with Crippen molar-refractivity contribution in [3.63, 3.8) is 0 Å². The van der Waals surface area contributed by atoms with Crippen molar-refractivity contribution in [1.82, 2.24) is 0 Å². The van der Waals surface area contributed by atoms with Crippen LogP contribution in [0, 0.1) is 0 Å². The minimum atomic E-state index is -3.80. The minimum Gasteiger partial charge on any atom is -0.495 e. The molecule has 29 heavy (non-hydrogen) atoms. The van der Waals surface area contributed by atoms with Gasteiger partial charge in [-0.15, -0.1) is 0 Å². The molecule has 158 valence electrons. The number of aryl methyl sites for hydroxylation is 2. The van der Waals surface area contributed by atoms with E-state index in [0.29, 0.717) is 10.8 Å². The van der Waals surface area contributed by atoms with Crippen LogP contribution in [0.5, 0.6) is 5.75 Å². The number of methoxy groups -OCH3 is 1. The van der Waals surface area contributed by atoms with E-state index < -0.39 is 22.0 Å². The van der Waals surface area contributed by atoms with Crippen molar-refractivity contribution in [3.05, 3.63) is 52.5 Å². The molecule has 1 atom stereocenters. The van der Waals surface area contributed by atoms with Crippen molar-refractivity contribution in [1.29, 1.82) is 0 Å². The third kappa shape index (κ3) is 5.22. The summed E-state index contributed by atoms with van der Waals surface area (Å²) in [4.78, 5) is 13.1. The van der Waals surface area contributed by atoms with E-state index in [1.165, 1.54) is 20.1 Å². The molecule has 2 rings (SSSR count). The zero-order valence-corrected chi connectivity index (χ0v) is 18.9. The summed E-state index contributed by atoms with van der Waals surface area (Å²) in [7, 11) is -2.37. The molecule has 1 unspecified atom stereocenters. The van der Waals surface area contributed by atoms with E-state index in [4.69, 9.17) is 16.3 Å². The van der Waals surface area contributed by atoms with Gasteiger partial charge in [-0.3, -0.25) is 9.10 Å². The number of sulfonamides is 1. The Morgan fingerprint density at radius 3 is 2.24 bits per heavy atom. The molecule has 1 amide bonds. The quantitative estimate of drug-likeness (QED) is 0.667. The molecule has 0 radical (unpaired) electrons. The second-order valence-corrected chi connectivity index (χ2v) is 8.99. The number of halogens is 1. The van der Waals surface area contributed by atoms with Crippen molar-refractivity contribution in [3.8, 4) is 5.75 Å². The van der Waals surface area contributed by atoms with Crippen LogP contribution in [0.1, 0.15) is 31.9 Å². The predicted octanol–water partition coefficient (Wildman–Crippen LogP) is 4.27. The van der Waals surface area contributed by atoms with E-state index in [1.807, 2.05) is 32.0 Å². The molecule has 0 saturated carbocycles. The van der Waals surface area contributed by atoms with Crippen LogP contribution in [0.15, 0.2) is 36.4 Å². The first kappa shape index (κ1) is 23.0. The van der Waals surface area contributed by atoms with Crippen molar-refractivity contribution >= 4 is 38.9 Å². The number of carbonyl (C=O) groups excluding carboxylic acids is 1. The molecule has 8 heteroatoms. The van der Waals surface area contributed by atoms with Crippen LogP contribution in [0.25, 0.3) is 0 Å². The number of amides is 1. The smallest absolute Gasteiger partial charge is 0.248 e. The number of carbonyl (C=O) groups is 1. The van der Waals surface area contributed by atoms with E-state index >= 15 is 0 Å². The van der Waals surface area contributed by atoms with Crippen LogP contribution in [-0.2, 0) is 27.7 Å². The summed E-state index contributed by atoms with van der Waals surface area (Å²) >= 11 is 6.08. The Labute approximate surface area is 177 Å². The number of hydrogen-bond acceptors (Lipinski definition) is 4. The first-order chi connectivity index (χ1) is 13.6. The molecule has 0 aromatic heterocycles. The van der Waals surface area contributed by atoms with Gasteiger partial charge in [0.25, 0.3) is 0 Å². The molecule has 0 aliphatic rings. The molecule has 0 fully saturated rings. The van der Waals surface area contributed by atoms with Gasteiger partial charge in [0, 0.05) is 10.7 Å². The molecule has 6 nitrogen and oxygen atoms in total. The Bertz CT molecular complexity index is 970. The van der Waals surface area contributed by atoms with E-state index in [-0.39, 0.29) is 5.69 Å². The fourth-order valence-corrected chi connectivity index (χ4v) is 4.58. The minimum absolute atomic E-state index is 0.213. The Hall–Kier alpha value is -2.25. The Kier molecular flexibility index (Phi) is 7.54. The molecular formula is C21H27ClN2O4S. The first-order valence-corrected chi connectivity index (χ1v) is 11.6. The summed E-state index contributed by atoms with van der Waals surface area (Å²) in [5.74, 6) is -0.129. The summed E-state index contributed by atoms with van der Waals surface area (Å²) in [5, 5.41) is 3.28. The van der Waals surface area contributed by atoms with Gasteiger partial charge in [0.15, 0.2) is 0 Å². The van der Waals surface area contributed by atoms with Crippen LogP contribution in [0.4, 0.5) is 11.4 Å². The number of hydrogen-bond donors (Lipinski definition) is 1. The van der Waals surface area contributed by atoms with Gasteiger partial charge in [-0.05, 0) is 49.1 Å². The van der Waals surface area contributed by atoms with Gasteiger partial charge in [0.2, 0.25) is 15.9 Å². The SMILES string of the molecule is CCc1cccc(CC)c1NC(=O)C(C)N(c1cc(Cl)ccc1OC)S(C)(=O)=O. The van der Waals surface area contributed by atoms with Crippen LogP contribution in [0.3, 0.4) is 0 Å². The number of benzene rings is 2. The second-order valence-electron chi connectivity index (χ2n) is 6.70. The van der Waals surface area contributed by atoms with Crippen molar-refractivity contribution < 1.29 is 17.9 Å². The molecule has 0 heterocycles. The Morgan fingerprint density at radius 2 is 1.76 bits per heavy atom. The zero-order chi connectivity index (χ0) is 21.8. The van der Waals surface area contributed by atoms with Gasteiger partial charge in [-0.25, -0.2) is 8.42 Å². The average molecular weight is 439 g/mol. The molecule has 2 aromatic carbocycles. The van der Waals surface area contributed by atoms with Gasteiger partial charge in [0.1, 0.15) is 11.8 Å². The lowest BCUT2D eigenvalue weighted by molar-refractivity contribution is -0.116. The lowest BCUT2D eigenvalue weighted by Crippen LogP contribution is -2.45. The highest BCUT2D eigenvalue weighted by molar-refractivity contribution is 7.92. The normalized spacial score (nSPS) is 12.3. The molecule has 1 N–H and O–H groups in total. The molecule has 0 spiro atoms. The number of nitrogens with zero attached hydrogens (tertiary/aromatic N) is 1. The van der Waals surface area contributed by atoms with Crippen LogP contribution >= 0.6 is 11.6 Å². The van der Waals surface area contributed by atoms with Gasteiger partial charge in [-0.1, -0.05) is 43.6 Å². The Morgan fingerprint density at radius 1 is 1.17 bits per heavy atom. The molecule has 0 aliphatic carbocycles. The maximum atomic E-state index is 13.1. The maximum absolute atomic E-state index is 13.1. The summed E-state index contributed by atoms with van der Waals surface area (Å²) in [5.41, 5.74) is 2.94. The number of anilines is 2. The van der Waals surface area contributed by atoms with Crippen LogP contribution < -0.4 is 14.4 Å². The lowest BCUT2D eigenvalue weighted by atomic mass is 10.0. The summed E-state index contributed by atoms with van der Waals surface area (Å²) < 4.78 is 31.5. The predicted molar refractivity (Wildman–Crippen MR) is 119 cm³/mol. The van der Waals surface area contributed by atoms with E-state index in [0.717, 1.165) is 40.2 Å². The number of para-hydroxylation sites is 1. The number of nitrogens with one attached hydrogen (secondary N) is 1. The van der Waals surface area contributed by atoms with Gasteiger partial charge in [0.05, 0.1) is 19.1 Å². The molecule has 0 saturated heterocycles. The highest BCUT2D eigenvalue weighted by Crippen LogP contribution is 2.34. The van der Waals surface area contributed by atoms with Gasteiger partial charge >= 0.3 is 0 Å². The Balaban J connectivity index is 2.48.